The van der Waals surface area contributed by atoms with Crippen molar-refractivity contribution in [1.82, 2.24) is 10.6 Å². The minimum absolute atomic E-state index is 0. The van der Waals surface area contributed by atoms with Crippen LogP contribution in [-0.4, -0.2) is 37.7 Å². The van der Waals surface area contributed by atoms with E-state index in [4.69, 9.17) is 4.74 Å². The molecule has 1 heterocycles. The maximum absolute atomic E-state index is 12.3. The number of ether oxygens (including phenoxy) is 1. The average Bonchev–Trinajstić information content (AvgIpc) is 2.54. The Morgan fingerprint density at radius 1 is 1.22 bits per heavy atom. The molecule has 1 aliphatic heterocycles. The summed E-state index contributed by atoms with van der Waals surface area (Å²) in [6.45, 7) is 9.50. The van der Waals surface area contributed by atoms with E-state index in [0.717, 1.165) is 51.3 Å². The van der Waals surface area contributed by atoms with E-state index in [9.17, 15) is 4.79 Å². The van der Waals surface area contributed by atoms with E-state index >= 15 is 0 Å². The van der Waals surface area contributed by atoms with Crippen molar-refractivity contribution in [2.45, 2.75) is 77.9 Å². The highest BCUT2D eigenvalue weighted by molar-refractivity contribution is 5.85. The van der Waals surface area contributed by atoms with Gasteiger partial charge in [0.15, 0.2) is 0 Å². The van der Waals surface area contributed by atoms with Gasteiger partial charge >= 0.3 is 0 Å². The summed E-state index contributed by atoms with van der Waals surface area (Å²) in [6.07, 6.45) is 7.62. The fraction of sp³-hybridized carbons (Fsp3) is 0.944. The van der Waals surface area contributed by atoms with Crippen molar-refractivity contribution in [2.75, 3.05) is 19.7 Å². The monoisotopic (exact) mass is 346 g/mol. The number of nitrogens with one attached hydrogen (secondary N) is 2. The van der Waals surface area contributed by atoms with Gasteiger partial charge in [-0.3, -0.25) is 4.79 Å². The molecule has 5 heteroatoms. The molecule has 0 aromatic rings. The predicted molar refractivity (Wildman–Crippen MR) is 97.1 cm³/mol. The molecule has 0 spiro atoms. The van der Waals surface area contributed by atoms with Crippen LogP contribution in [0.15, 0.2) is 0 Å². The summed E-state index contributed by atoms with van der Waals surface area (Å²) in [7, 11) is 0. The van der Waals surface area contributed by atoms with Crippen molar-refractivity contribution in [3.63, 3.8) is 0 Å². The highest BCUT2D eigenvalue weighted by Gasteiger charge is 2.53. The van der Waals surface area contributed by atoms with Crippen LogP contribution < -0.4 is 10.6 Å². The molecule has 2 fully saturated rings. The maximum Gasteiger partial charge on any atom is 0.220 e. The van der Waals surface area contributed by atoms with Gasteiger partial charge < -0.3 is 15.4 Å². The van der Waals surface area contributed by atoms with E-state index in [0.29, 0.717) is 18.6 Å². The fourth-order valence-electron chi connectivity index (χ4n) is 4.36. The van der Waals surface area contributed by atoms with Crippen molar-refractivity contribution in [2.24, 2.45) is 11.3 Å². The van der Waals surface area contributed by atoms with Crippen molar-refractivity contribution in [3.05, 3.63) is 0 Å². The Morgan fingerprint density at radius 2 is 1.87 bits per heavy atom. The minimum Gasteiger partial charge on any atom is -0.378 e. The number of carbonyl (C=O) groups excluding carboxylic acids is 1. The van der Waals surface area contributed by atoms with Crippen LogP contribution in [-0.2, 0) is 9.53 Å². The van der Waals surface area contributed by atoms with Gasteiger partial charge in [0, 0.05) is 24.5 Å². The molecule has 2 rings (SSSR count). The zero-order valence-corrected chi connectivity index (χ0v) is 15.8. The Kier molecular flexibility index (Phi) is 8.88. The van der Waals surface area contributed by atoms with E-state index in [-0.39, 0.29) is 23.7 Å². The summed E-state index contributed by atoms with van der Waals surface area (Å²) >= 11 is 0. The molecule has 2 atom stereocenters. The van der Waals surface area contributed by atoms with Crippen molar-refractivity contribution in [3.8, 4) is 0 Å². The highest BCUT2D eigenvalue weighted by atomic mass is 35.5. The molecule has 4 nitrogen and oxygen atoms in total. The minimum atomic E-state index is 0. The molecule has 1 aliphatic carbocycles. The van der Waals surface area contributed by atoms with Gasteiger partial charge in [-0.25, -0.2) is 0 Å². The van der Waals surface area contributed by atoms with E-state index in [1.54, 1.807) is 0 Å². The summed E-state index contributed by atoms with van der Waals surface area (Å²) in [6, 6.07) is 0.305. The van der Waals surface area contributed by atoms with Crippen LogP contribution in [0.5, 0.6) is 0 Å². The highest BCUT2D eigenvalue weighted by Crippen LogP contribution is 2.48. The molecule has 0 aromatic carbocycles. The third-order valence-corrected chi connectivity index (χ3v) is 6.04. The first-order valence-electron chi connectivity index (χ1n) is 9.27. The molecule has 1 saturated heterocycles. The molecule has 2 unspecified atom stereocenters. The van der Waals surface area contributed by atoms with Gasteiger partial charge in [-0.2, -0.15) is 0 Å². The fourth-order valence-corrected chi connectivity index (χ4v) is 4.36. The summed E-state index contributed by atoms with van der Waals surface area (Å²) in [5.41, 5.74) is 0.153. The Balaban J connectivity index is 0.00000264. The lowest BCUT2D eigenvalue weighted by Gasteiger charge is -2.55. The number of hydrogen-bond donors (Lipinski definition) is 2. The second kappa shape index (κ2) is 9.85. The summed E-state index contributed by atoms with van der Waals surface area (Å²) in [4.78, 5) is 12.3. The van der Waals surface area contributed by atoms with Gasteiger partial charge in [0.25, 0.3) is 0 Å². The van der Waals surface area contributed by atoms with Crippen molar-refractivity contribution >= 4 is 18.3 Å². The molecule has 1 amide bonds. The molecule has 0 radical (unpaired) electrons. The smallest absolute Gasteiger partial charge is 0.220 e. The molecular weight excluding hydrogens is 312 g/mol. The lowest BCUT2D eigenvalue weighted by molar-refractivity contribution is -0.148. The first-order chi connectivity index (χ1) is 10.7. The molecule has 2 aliphatic rings. The van der Waals surface area contributed by atoms with Gasteiger partial charge in [0.05, 0.1) is 6.10 Å². The molecule has 2 N–H and O–H groups in total. The van der Waals surface area contributed by atoms with Crippen LogP contribution in [0.25, 0.3) is 0 Å². The van der Waals surface area contributed by atoms with E-state index < -0.39 is 0 Å². The second-order valence-electron chi connectivity index (χ2n) is 6.97. The van der Waals surface area contributed by atoms with E-state index in [1.165, 1.54) is 12.8 Å². The zero-order chi connectivity index (χ0) is 16.0. The third kappa shape index (κ3) is 4.83. The SMILES string of the molecule is CCOC1CC(NC(=O)CCC2CCNCC2)C1(CC)CC.Cl. The topological polar surface area (TPSA) is 50.4 Å². The van der Waals surface area contributed by atoms with Crippen molar-refractivity contribution < 1.29 is 9.53 Å². The van der Waals surface area contributed by atoms with E-state index in [1.807, 2.05) is 0 Å². The number of amides is 1. The first kappa shape index (κ1) is 20.7. The third-order valence-electron chi connectivity index (χ3n) is 6.04. The summed E-state index contributed by atoms with van der Waals surface area (Å²) in [5, 5.41) is 6.68. The van der Waals surface area contributed by atoms with Crippen LogP contribution in [0, 0.1) is 11.3 Å². The number of hydrogen-bond acceptors (Lipinski definition) is 3. The number of carbonyl (C=O) groups is 1. The molecule has 23 heavy (non-hydrogen) atoms. The van der Waals surface area contributed by atoms with Crippen LogP contribution in [0.2, 0.25) is 0 Å². The number of rotatable bonds is 8. The quantitative estimate of drug-likeness (QED) is 0.709. The second-order valence-corrected chi connectivity index (χ2v) is 6.97. The standard InChI is InChI=1S/C18H34N2O2.ClH/c1-4-18(5-2)15(13-16(18)22-6-3)20-17(21)8-7-14-9-11-19-12-10-14;/h14-16,19H,4-13H2,1-3H3,(H,20,21);1H. The Labute approximate surface area is 147 Å². The number of piperidine rings is 1. The van der Waals surface area contributed by atoms with Gasteiger partial charge in [-0.15, -0.1) is 12.4 Å². The normalized spacial score (nSPS) is 26.9. The van der Waals surface area contributed by atoms with Crippen LogP contribution >= 0.6 is 12.4 Å². The van der Waals surface area contributed by atoms with Gasteiger partial charge in [-0.05, 0) is 64.5 Å². The summed E-state index contributed by atoms with van der Waals surface area (Å²) < 4.78 is 5.88. The molecular formula is C18H35ClN2O2. The lowest BCUT2D eigenvalue weighted by atomic mass is 9.58. The Morgan fingerprint density at radius 3 is 2.43 bits per heavy atom. The predicted octanol–water partition coefficient (Wildman–Crippen LogP) is 3.29. The number of halogens is 1. The Bertz CT molecular complexity index is 355. The molecule has 136 valence electrons. The first-order valence-corrected chi connectivity index (χ1v) is 9.27. The van der Waals surface area contributed by atoms with Crippen LogP contribution in [0.4, 0.5) is 0 Å². The van der Waals surface area contributed by atoms with Crippen LogP contribution in [0.1, 0.15) is 65.7 Å². The summed E-state index contributed by atoms with van der Waals surface area (Å²) in [5.74, 6) is 0.969. The van der Waals surface area contributed by atoms with Crippen LogP contribution in [0.3, 0.4) is 0 Å². The molecule has 0 bridgehead atoms. The maximum atomic E-state index is 12.3. The Hall–Kier alpha value is -0.320. The van der Waals surface area contributed by atoms with Gasteiger partial charge in [0.1, 0.15) is 0 Å². The molecule has 0 aromatic heterocycles. The van der Waals surface area contributed by atoms with Crippen molar-refractivity contribution in [1.29, 1.82) is 0 Å². The zero-order valence-electron chi connectivity index (χ0n) is 15.0. The average molecular weight is 347 g/mol. The lowest BCUT2D eigenvalue weighted by Crippen LogP contribution is -2.64. The largest absolute Gasteiger partial charge is 0.378 e. The molecule has 1 saturated carbocycles. The van der Waals surface area contributed by atoms with E-state index in [2.05, 4.69) is 31.4 Å². The van der Waals surface area contributed by atoms with Gasteiger partial charge in [0.2, 0.25) is 5.91 Å². The van der Waals surface area contributed by atoms with Gasteiger partial charge in [-0.1, -0.05) is 13.8 Å².